The van der Waals surface area contributed by atoms with E-state index in [0.717, 1.165) is 43.5 Å². The second kappa shape index (κ2) is 8.39. The van der Waals surface area contributed by atoms with E-state index < -0.39 is 0 Å². The second-order valence-electron chi connectivity index (χ2n) is 6.74. The van der Waals surface area contributed by atoms with E-state index in [4.69, 9.17) is 9.47 Å². The molecule has 5 nitrogen and oxygen atoms in total. The molecule has 1 amide bonds. The van der Waals surface area contributed by atoms with Gasteiger partial charge in [-0.2, -0.15) is 0 Å². The summed E-state index contributed by atoms with van der Waals surface area (Å²) >= 11 is 0. The van der Waals surface area contributed by atoms with Crippen LogP contribution in [0.3, 0.4) is 0 Å². The van der Waals surface area contributed by atoms with Crippen LogP contribution in [0, 0.1) is 0 Å². The van der Waals surface area contributed by atoms with Gasteiger partial charge in [0.15, 0.2) is 0 Å². The summed E-state index contributed by atoms with van der Waals surface area (Å²) in [5.74, 6) is 1.52. The SMILES string of the molecule is COc1ccc(/C=C/C(=O)N2CCN(C3CCCC3)CC2)c(OC)c1. The highest BCUT2D eigenvalue weighted by Crippen LogP contribution is 2.26. The molecule has 0 atom stereocenters. The van der Waals surface area contributed by atoms with Crippen LogP contribution in [-0.2, 0) is 4.79 Å². The lowest BCUT2D eigenvalue weighted by atomic mass is 10.1. The minimum atomic E-state index is 0.0731. The summed E-state index contributed by atoms with van der Waals surface area (Å²) < 4.78 is 10.6. The van der Waals surface area contributed by atoms with Crippen molar-refractivity contribution in [3.05, 3.63) is 29.8 Å². The Hall–Kier alpha value is -2.01. The second-order valence-corrected chi connectivity index (χ2v) is 6.74. The lowest BCUT2D eigenvalue weighted by molar-refractivity contribution is -0.127. The largest absolute Gasteiger partial charge is 0.497 e. The van der Waals surface area contributed by atoms with Crippen molar-refractivity contribution in [1.29, 1.82) is 0 Å². The number of amides is 1. The molecule has 5 heteroatoms. The quantitative estimate of drug-likeness (QED) is 0.771. The van der Waals surface area contributed by atoms with E-state index in [2.05, 4.69) is 4.90 Å². The van der Waals surface area contributed by atoms with Gasteiger partial charge in [0.1, 0.15) is 11.5 Å². The Morgan fingerprint density at radius 2 is 1.80 bits per heavy atom. The van der Waals surface area contributed by atoms with Gasteiger partial charge in [0, 0.05) is 49.9 Å². The molecule has 25 heavy (non-hydrogen) atoms. The van der Waals surface area contributed by atoms with Crippen molar-refractivity contribution >= 4 is 12.0 Å². The number of nitrogens with zero attached hydrogens (tertiary/aromatic N) is 2. The molecular formula is C20H28N2O3. The molecule has 0 aromatic heterocycles. The van der Waals surface area contributed by atoms with E-state index in [1.54, 1.807) is 20.3 Å². The maximum Gasteiger partial charge on any atom is 0.246 e. The molecule has 1 aliphatic carbocycles. The van der Waals surface area contributed by atoms with Crippen LogP contribution in [0.15, 0.2) is 24.3 Å². The number of hydrogen-bond acceptors (Lipinski definition) is 4. The molecule has 0 spiro atoms. The van der Waals surface area contributed by atoms with E-state index in [-0.39, 0.29) is 5.91 Å². The van der Waals surface area contributed by atoms with Gasteiger partial charge in [-0.3, -0.25) is 9.69 Å². The lowest BCUT2D eigenvalue weighted by Gasteiger charge is -2.37. The van der Waals surface area contributed by atoms with Gasteiger partial charge in [-0.05, 0) is 31.1 Å². The van der Waals surface area contributed by atoms with E-state index in [1.165, 1.54) is 25.7 Å². The predicted molar refractivity (Wildman–Crippen MR) is 99.0 cm³/mol. The number of ether oxygens (including phenoxy) is 2. The van der Waals surface area contributed by atoms with Gasteiger partial charge in [-0.15, -0.1) is 0 Å². The lowest BCUT2D eigenvalue weighted by Crippen LogP contribution is -2.51. The molecule has 136 valence electrons. The zero-order chi connectivity index (χ0) is 17.6. The first-order valence-electron chi connectivity index (χ1n) is 9.14. The Morgan fingerprint density at radius 1 is 1.08 bits per heavy atom. The number of carbonyl (C=O) groups excluding carboxylic acids is 1. The Kier molecular flexibility index (Phi) is 5.97. The van der Waals surface area contributed by atoms with E-state index in [1.807, 2.05) is 29.2 Å². The zero-order valence-corrected chi connectivity index (χ0v) is 15.2. The summed E-state index contributed by atoms with van der Waals surface area (Å²) in [7, 11) is 3.25. The standard InChI is InChI=1S/C20H28N2O3/c1-24-18-9-7-16(19(15-18)25-2)8-10-20(23)22-13-11-21(12-14-22)17-5-3-4-6-17/h7-10,15,17H,3-6,11-14H2,1-2H3/b10-8+. The van der Waals surface area contributed by atoms with Crippen molar-refractivity contribution in [3.8, 4) is 11.5 Å². The normalized spacial score (nSPS) is 19.5. The molecule has 0 bridgehead atoms. The Balaban J connectivity index is 1.56. The van der Waals surface area contributed by atoms with Crippen molar-refractivity contribution in [2.45, 2.75) is 31.7 Å². The van der Waals surface area contributed by atoms with Crippen LogP contribution in [0.1, 0.15) is 31.2 Å². The summed E-state index contributed by atoms with van der Waals surface area (Å²) in [5, 5.41) is 0. The van der Waals surface area contributed by atoms with Gasteiger partial charge in [0.05, 0.1) is 14.2 Å². The van der Waals surface area contributed by atoms with Gasteiger partial charge in [0.2, 0.25) is 5.91 Å². The van der Waals surface area contributed by atoms with Gasteiger partial charge < -0.3 is 14.4 Å². The molecule has 2 fully saturated rings. The third-order valence-electron chi connectivity index (χ3n) is 5.31. The first kappa shape index (κ1) is 17.8. The summed E-state index contributed by atoms with van der Waals surface area (Å²) in [6.07, 6.45) is 8.84. The van der Waals surface area contributed by atoms with Crippen LogP contribution in [0.2, 0.25) is 0 Å². The van der Waals surface area contributed by atoms with Crippen molar-refractivity contribution in [2.75, 3.05) is 40.4 Å². The van der Waals surface area contributed by atoms with Crippen molar-refractivity contribution < 1.29 is 14.3 Å². The van der Waals surface area contributed by atoms with Gasteiger partial charge in [-0.1, -0.05) is 12.8 Å². The molecule has 1 saturated carbocycles. The van der Waals surface area contributed by atoms with Crippen LogP contribution in [0.5, 0.6) is 11.5 Å². The fourth-order valence-corrected chi connectivity index (χ4v) is 3.80. The summed E-state index contributed by atoms with van der Waals surface area (Å²) in [5.41, 5.74) is 0.876. The molecule has 0 N–H and O–H groups in total. The van der Waals surface area contributed by atoms with E-state index in [0.29, 0.717) is 5.75 Å². The van der Waals surface area contributed by atoms with Crippen molar-refractivity contribution in [1.82, 2.24) is 9.80 Å². The highest BCUT2D eigenvalue weighted by molar-refractivity contribution is 5.92. The molecule has 1 saturated heterocycles. The van der Waals surface area contributed by atoms with Gasteiger partial charge >= 0.3 is 0 Å². The Labute approximate surface area is 150 Å². The highest BCUT2D eigenvalue weighted by Gasteiger charge is 2.27. The first-order valence-corrected chi connectivity index (χ1v) is 9.14. The molecule has 0 radical (unpaired) electrons. The average molecular weight is 344 g/mol. The fraction of sp³-hybridized carbons (Fsp3) is 0.550. The number of methoxy groups -OCH3 is 2. The molecular weight excluding hydrogens is 316 g/mol. The summed E-state index contributed by atoms with van der Waals surface area (Å²) in [6.45, 7) is 3.63. The van der Waals surface area contributed by atoms with E-state index in [9.17, 15) is 4.79 Å². The fourth-order valence-electron chi connectivity index (χ4n) is 3.80. The third kappa shape index (κ3) is 4.34. The molecule has 3 rings (SSSR count). The Morgan fingerprint density at radius 3 is 2.44 bits per heavy atom. The number of hydrogen-bond donors (Lipinski definition) is 0. The summed E-state index contributed by atoms with van der Waals surface area (Å²) in [6, 6.07) is 6.34. The number of rotatable bonds is 5. The van der Waals surface area contributed by atoms with Gasteiger partial charge in [0.25, 0.3) is 0 Å². The minimum absolute atomic E-state index is 0.0731. The zero-order valence-electron chi connectivity index (χ0n) is 15.2. The topological polar surface area (TPSA) is 42.0 Å². The van der Waals surface area contributed by atoms with Crippen molar-refractivity contribution in [3.63, 3.8) is 0 Å². The maximum atomic E-state index is 12.5. The van der Waals surface area contributed by atoms with Crippen molar-refractivity contribution in [2.24, 2.45) is 0 Å². The minimum Gasteiger partial charge on any atom is -0.497 e. The first-order chi connectivity index (χ1) is 12.2. The van der Waals surface area contributed by atoms with Crippen LogP contribution in [0.4, 0.5) is 0 Å². The third-order valence-corrected chi connectivity index (χ3v) is 5.31. The monoisotopic (exact) mass is 344 g/mol. The van der Waals surface area contributed by atoms with Gasteiger partial charge in [-0.25, -0.2) is 0 Å². The maximum absolute atomic E-state index is 12.5. The number of benzene rings is 1. The average Bonchev–Trinajstić information content (AvgIpc) is 3.20. The van der Waals surface area contributed by atoms with E-state index >= 15 is 0 Å². The molecule has 2 aliphatic rings. The van der Waals surface area contributed by atoms with Crippen LogP contribution in [0.25, 0.3) is 6.08 Å². The van der Waals surface area contributed by atoms with Crippen LogP contribution >= 0.6 is 0 Å². The molecule has 1 aromatic carbocycles. The molecule has 1 heterocycles. The van der Waals surface area contributed by atoms with Crippen LogP contribution < -0.4 is 9.47 Å². The molecule has 1 aromatic rings. The molecule has 0 unspecified atom stereocenters. The number of piperazine rings is 1. The summed E-state index contributed by atoms with van der Waals surface area (Å²) in [4.78, 5) is 17.0. The highest BCUT2D eigenvalue weighted by atomic mass is 16.5. The predicted octanol–water partition coefficient (Wildman–Crippen LogP) is 2.80. The number of carbonyl (C=O) groups is 1. The Bertz CT molecular complexity index is 615. The molecule has 1 aliphatic heterocycles. The smallest absolute Gasteiger partial charge is 0.246 e. The van der Waals surface area contributed by atoms with Crippen LogP contribution in [-0.4, -0.2) is 62.1 Å².